The van der Waals surface area contributed by atoms with E-state index in [1.54, 1.807) is 6.33 Å². The molecule has 0 aromatic carbocycles. The topological polar surface area (TPSA) is 56.1 Å². The molecule has 3 aromatic heterocycles. The predicted molar refractivity (Wildman–Crippen MR) is 103 cm³/mol. The van der Waals surface area contributed by atoms with Crippen LogP contribution in [0.25, 0.3) is 10.2 Å². The van der Waals surface area contributed by atoms with Gasteiger partial charge in [0.25, 0.3) is 0 Å². The van der Waals surface area contributed by atoms with E-state index < -0.39 is 0 Å². The summed E-state index contributed by atoms with van der Waals surface area (Å²) in [6.07, 6.45) is 5.46. The van der Waals surface area contributed by atoms with Crippen LogP contribution in [0.3, 0.4) is 0 Å². The van der Waals surface area contributed by atoms with Gasteiger partial charge in [-0.15, -0.1) is 11.3 Å². The van der Waals surface area contributed by atoms with Crippen molar-refractivity contribution in [3.8, 4) is 0 Å². The normalized spacial score (nSPS) is 20.1. The molecule has 1 fully saturated rings. The zero-order chi connectivity index (χ0) is 17.7. The third-order valence-electron chi connectivity index (χ3n) is 5.40. The van der Waals surface area contributed by atoms with Crippen LogP contribution < -0.4 is 4.90 Å². The number of fused-ring (bicyclic) bond motifs is 3. The van der Waals surface area contributed by atoms with Gasteiger partial charge in [0.2, 0.25) is 0 Å². The van der Waals surface area contributed by atoms with E-state index in [1.807, 2.05) is 18.3 Å². The van der Waals surface area contributed by atoms with Crippen molar-refractivity contribution in [1.29, 1.82) is 0 Å². The summed E-state index contributed by atoms with van der Waals surface area (Å²) in [5.74, 6) is 1.09. The lowest BCUT2D eigenvalue weighted by molar-refractivity contribution is 0.0268. The fraction of sp³-hybridized carbons (Fsp3) is 0.526. The molecule has 1 unspecified atom stereocenters. The summed E-state index contributed by atoms with van der Waals surface area (Å²) in [6.45, 7) is 7.36. The summed E-state index contributed by atoms with van der Waals surface area (Å²) in [5, 5.41) is 5.87. The molecule has 0 N–H and O–H groups in total. The summed E-state index contributed by atoms with van der Waals surface area (Å²) >= 11 is 1.85. The van der Waals surface area contributed by atoms with Crippen molar-refractivity contribution >= 4 is 27.4 Å². The monoisotopic (exact) mass is 369 g/mol. The molecule has 136 valence electrons. The third-order valence-corrected chi connectivity index (χ3v) is 6.60. The largest absolute Gasteiger partial charge is 0.373 e. The Labute approximate surface area is 156 Å². The highest BCUT2D eigenvalue weighted by molar-refractivity contribution is 7.19. The molecule has 7 heteroatoms. The number of hydrogen-bond acceptors (Lipinski definition) is 6. The summed E-state index contributed by atoms with van der Waals surface area (Å²) in [5.41, 5.74) is 3.73. The molecule has 4 heterocycles. The Hall–Kier alpha value is -1.99. The number of hydrogen-bond donors (Lipinski definition) is 0. The maximum absolute atomic E-state index is 6.04. The predicted octanol–water partition coefficient (Wildman–Crippen LogP) is 2.90. The van der Waals surface area contributed by atoms with E-state index in [4.69, 9.17) is 4.74 Å². The highest BCUT2D eigenvalue weighted by Gasteiger charge is 2.27. The quantitative estimate of drug-likeness (QED) is 0.711. The first-order valence-electron chi connectivity index (χ1n) is 9.32. The van der Waals surface area contributed by atoms with Gasteiger partial charge in [-0.05, 0) is 44.7 Å². The Morgan fingerprint density at radius 1 is 1.27 bits per heavy atom. The Morgan fingerprint density at radius 3 is 3.04 bits per heavy atom. The minimum absolute atomic E-state index is 0.124. The van der Waals surface area contributed by atoms with E-state index in [0.717, 1.165) is 49.0 Å². The third kappa shape index (κ3) is 2.70. The van der Waals surface area contributed by atoms with Gasteiger partial charge in [0.15, 0.2) is 0 Å². The first-order chi connectivity index (χ1) is 12.7. The summed E-state index contributed by atoms with van der Waals surface area (Å²) in [7, 11) is 0. The highest BCUT2D eigenvalue weighted by Crippen LogP contribution is 2.40. The molecule has 1 atom stereocenters. The van der Waals surface area contributed by atoms with E-state index in [2.05, 4.69) is 37.6 Å². The second-order valence-electron chi connectivity index (χ2n) is 7.28. The van der Waals surface area contributed by atoms with Crippen molar-refractivity contribution in [2.45, 2.75) is 45.8 Å². The molecule has 0 radical (unpaired) electrons. The van der Waals surface area contributed by atoms with E-state index >= 15 is 0 Å². The Balaban J connectivity index is 1.44. The number of rotatable bonds is 3. The number of thiophene rings is 1. The maximum Gasteiger partial charge on any atom is 0.141 e. The maximum atomic E-state index is 6.04. The second kappa shape index (κ2) is 6.32. The van der Waals surface area contributed by atoms with Gasteiger partial charge in [-0.2, -0.15) is 5.10 Å². The lowest BCUT2D eigenvalue weighted by Crippen LogP contribution is -2.45. The number of nitrogens with zero attached hydrogens (tertiary/aromatic N) is 5. The molecule has 2 aliphatic rings. The van der Waals surface area contributed by atoms with Gasteiger partial charge in [0, 0.05) is 23.7 Å². The van der Waals surface area contributed by atoms with Crippen LogP contribution in [0.5, 0.6) is 0 Å². The number of morpholine rings is 1. The lowest BCUT2D eigenvalue weighted by Gasteiger charge is -2.34. The van der Waals surface area contributed by atoms with Crippen LogP contribution in [-0.4, -0.2) is 45.5 Å². The average Bonchev–Trinajstić information content (AvgIpc) is 3.29. The van der Waals surface area contributed by atoms with E-state index in [9.17, 15) is 0 Å². The zero-order valence-electron chi connectivity index (χ0n) is 15.2. The molecule has 26 heavy (non-hydrogen) atoms. The van der Waals surface area contributed by atoms with Gasteiger partial charge in [0.1, 0.15) is 17.0 Å². The zero-order valence-corrected chi connectivity index (χ0v) is 16.1. The Bertz CT molecular complexity index is 962. The number of aryl methyl sites for hydroxylation is 4. The minimum atomic E-state index is 0.124. The van der Waals surface area contributed by atoms with Gasteiger partial charge in [-0.1, -0.05) is 0 Å². The van der Waals surface area contributed by atoms with Gasteiger partial charge in [-0.25, -0.2) is 9.97 Å². The molecule has 1 saturated heterocycles. The van der Waals surface area contributed by atoms with Crippen LogP contribution in [0.1, 0.15) is 28.2 Å². The SMILES string of the molecule is Cc1cc(C)n(CC2CN(c3ncnc4sc5c(c34)CCC5)CCO2)n1. The van der Waals surface area contributed by atoms with Crippen molar-refractivity contribution in [2.24, 2.45) is 0 Å². The number of anilines is 1. The van der Waals surface area contributed by atoms with Crippen molar-refractivity contribution in [1.82, 2.24) is 19.7 Å². The average molecular weight is 369 g/mol. The van der Waals surface area contributed by atoms with Crippen LogP contribution >= 0.6 is 11.3 Å². The molecule has 0 amide bonds. The second-order valence-corrected chi connectivity index (χ2v) is 8.37. The van der Waals surface area contributed by atoms with Crippen LogP contribution in [0.4, 0.5) is 5.82 Å². The molecule has 3 aromatic rings. The molecule has 0 spiro atoms. The number of aromatic nitrogens is 4. The molecule has 0 saturated carbocycles. The van der Waals surface area contributed by atoms with E-state index in [0.29, 0.717) is 0 Å². The lowest BCUT2D eigenvalue weighted by atomic mass is 10.1. The van der Waals surface area contributed by atoms with Crippen LogP contribution in [-0.2, 0) is 24.1 Å². The van der Waals surface area contributed by atoms with Gasteiger partial charge >= 0.3 is 0 Å². The summed E-state index contributed by atoms with van der Waals surface area (Å²) in [6, 6.07) is 2.11. The molecule has 1 aliphatic heterocycles. The highest BCUT2D eigenvalue weighted by atomic mass is 32.1. The molecule has 0 bridgehead atoms. The van der Waals surface area contributed by atoms with Crippen molar-refractivity contribution < 1.29 is 4.74 Å². The fourth-order valence-corrected chi connectivity index (χ4v) is 5.45. The smallest absolute Gasteiger partial charge is 0.141 e. The molecule has 1 aliphatic carbocycles. The fourth-order valence-electron chi connectivity index (χ4n) is 4.23. The summed E-state index contributed by atoms with van der Waals surface area (Å²) < 4.78 is 8.10. The Kier molecular flexibility index (Phi) is 3.94. The standard InChI is InChI=1S/C19H23N5OS/c1-12-8-13(2)24(22-12)10-14-9-23(6-7-25-14)18-17-15-4-3-5-16(15)26-19(17)21-11-20-18/h8,11,14H,3-7,9-10H2,1-2H3. The van der Waals surface area contributed by atoms with Crippen LogP contribution in [0.2, 0.25) is 0 Å². The van der Waals surface area contributed by atoms with Gasteiger partial charge < -0.3 is 9.64 Å². The van der Waals surface area contributed by atoms with Crippen LogP contribution in [0, 0.1) is 13.8 Å². The van der Waals surface area contributed by atoms with Crippen molar-refractivity contribution in [2.75, 3.05) is 24.6 Å². The number of ether oxygens (including phenoxy) is 1. The van der Waals surface area contributed by atoms with Crippen molar-refractivity contribution in [3.05, 3.63) is 34.2 Å². The van der Waals surface area contributed by atoms with Gasteiger partial charge in [0.05, 0.1) is 30.3 Å². The molecular weight excluding hydrogens is 346 g/mol. The van der Waals surface area contributed by atoms with E-state index in [-0.39, 0.29) is 6.10 Å². The van der Waals surface area contributed by atoms with Crippen LogP contribution in [0.15, 0.2) is 12.4 Å². The Morgan fingerprint density at radius 2 is 2.19 bits per heavy atom. The van der Waals surface area contributed by atoms with Crippen molar-refractivity contribution in [3.63, 3.8) is 0 Å². The van der Waals surface area contributed by atoms with E-state index in [1.165, 1.54) is 34.4 Å². The minimum Gasteiger partial charge on any atom is -0.373 e. The summed E-state index contributed by atoms with van der Waals surface area (Å²) in [4.78, 5) is 14.3. The first kappa shape index (κ1) is 16.2. The molecule has 5 rings (SSSR count). The first-order valence-corrected chi connectivity index (χ1v) is 10.1. The van der Waals surface area contributed by atoms with Gasteiger partial charge in [-0.3, -0.25) is 4.68 Å². The molecular formula is C19H23N5OS. The molecule has 6 nitrogen and oxygen atoms in total.